The lowest BCUT2D eigenvalue weighted by molar-refractivity contribution is -0.140. The molecule has 2 atom stereocenters. The fraction of sp³-hybridized carbons (Fsp3) is 0.556. The zero-order valence-corrected chi connectivity index (χ0v) is 15.6. The maximum atomic E-state index is 13.1. The van der Waals surface area contributed by atoms with Gasteiger partial charge in [0.1, 0.15) is 5.41 Å². The van der Waals surface area contributed by atoms with Crippen molar-refractivity contribution in [3.63, 3.8) is 0 Å². The Hall–Kier alpha value is -1.89. The molecule has 0 aliphatic carbocycles. The normalized spacial score (nSPS) is 24.8. The van der Waals surface area contributed by atoms with Gasteiger partial charge in [0, 0.05) is 17.8 Å². The molecule has 2 heterocycles. The highest BCUT2D eigenvalue weighted by Gasteiger charge is 2.44. The molecule has 1 saturated heterocycles. The van der Waals surface area contributed by atoms with Crippen molar-refractivity contribution in [2.24, 2.45) is 5.41 Å². The van der Waals surface area contributed by atoms with Gasteiger partial charge in [-0.25, -0.2) is 8.42 Å². The van der Waals surface area contributed by atoms with Crippen molar-refractivity contribution in [2.75, 3.05) is 16.4 Å². The highest BCUT2D eigenvalue weighted by molar-refractivity contribution is 7.91. The molecule has 0 radical (unpaired) electrons. The molecule has 3 rings (SSSR count). The summed E-state index contributed by atoms with van der Waals surface area (Å²) < 4.78 is 23.1. The number of sulfone groups is 1. The first kappa shape index (κ1) is 17.9. The molecule has 0 saturated carbocycles. The highest BCUT2D eigenvalue weighted by atomic mass is 32.2. The Morgan fingerprint density at radius 3 is 2.56 bits per heavy atom. The number of nitrogens with one attached hydrogen (secondary N) is 1. The number of carbonyl (C=O) groups is 2. The predicted octanol–water partition coefficient (Wildman–Crippen LogP) is 1.29. The Balaban J connectivity index is 1.77. The van der Waals surface area contributed by atoms with Crippen LogP contribution in [-0.2, 0) is 25.8 Å². The summed E-state index contributed by atoms with van der Waals surface area (Å²) in [4.78, 5) is 27.5. The van der Waals surface area contributed by atoms with Crippen LogP contribution in [-0.4, -0.2) is 43.8 Å². The third-order valence-corrected chi connectivity index (χ3v) is 6.86. The van der Waals surface area contributed by atoms with Crippen LogP contribution in [0.5, 0.6) is 0 Å². The van der Waals surface area contributed by atoms with E-state index in [1.807, 2.05) is 31.2 Å². The van der Waals surface area contributed by atoms with Crippen LogP contribution < -0.4 is 10.2 Å². The number of anilines is 1. The van der Waals surface area contributed by atoms with Crippen LogP contribution in [0.1, 0.15) is 32.8 Å². The SMILES string of the molecule is CC1Cc2ccccc2N1C(=O)C(C)(C)C(=O)NC1CCS(=O)(=O)C1. The van der Waals surface area contributed by atoms with Gasteiger partial charge in [-0.3, -0.25) is 9.59 Å². The lowest BCUT2D eigenvalue weighted by Gasteiger charge is -2.32. The zero-order chi connectivity index (χ0) is 18.4. The van der Waals surface area contributed by atoms with Gasteiger partial charge in [0.2, 0.25) is 11.8 Å². The number of nitrogens with zero attached hydrogens (tertiary/aromatic N) is 1. The lowest BCUT2D eigenvalue weighted by Crippen LogP contribution is -2.53. The van der Waals surface area contributed by atoms with Crippen molar-refractivity contribution < 1.29 is 18.0 Å². The summed E-state index contributed by atoms with van der Waals surface area (Å²) in [6.45, 7) is 5.17. The Kier molecular flexibility index (Phi) is 4.39. The minimum Gasteiger partial charge on any atom is -0.351 e. The summed E-state index contributed by atoms with van der Waals surface area (Å²) >= 11 is 0. The van der Waals surface area contributed by atoms with Gasteiger partial charge in [-0.15, -0.1) is 0 Å². The number of hydrogen-bond donors (Lipinski definition) is 1. The minimum atomic E-state index is -3.08. The van der Waals surface area contributed by atoms with Crippen LogP contribution in [0.2, 0.25) is 0 Å². The van der Waals surface area contributed by atoms with E-state index < -0.39 is 27.2 Å². The summed E-state index contributed by atoms with van der Waals surface area (Å²) in [7, 11) is -3.08. The zero-order valence-electron chi connectivity index (χ0n) is 14.8. The number of fused-ring (bicyclic) bond motifs is 1. The van der Waals surface area contributed by atoms with E-state index in [0.29, 0.717) is 6.42 Å². The first-order valence-corrected chi connectivity index (χ1v) is 10.4. The molecule has 2 aliphatic rings. The Bertz CT molecular complexity index is 816. The molecular weight excluding hydrogens is 340 g/mol. The molecule has 136 valence electrons. The van der Waals surface area contributed by atoms with Crippen molar-refractivity contribution >= 4 is 27.3 Å². The van der Waals surface area contributed by atoms with Crippen LogP contribution >= 0.6 is 0 Å². The number of carbonyl (C=O) groups excluding carboxylic acids is 2. The average Bonchev–Trinajstić information content (AvgIpc) is 3.04. The van der Waals surface area contributed by atoms with Crippen LogP contribution in [0.3, 0.4) is 0 Å². The summed E-state index contributed by atoms with van der Waals surface area (Å²) in [6.07, 6.45) is 1.17. The summed E-state index contributed by atoms with van der Waals surface area (Å²) in [5.74, 6) is -0.645. The van der Waals surface area contributed by atoms with E-state index >= 15 is 0 Å². The van der Waals surface area contributed by atoms with Gasteiger partial charge >= 0.3 is 0 Å². The van der Waals surface area contributed by atoms with Crippen molar-refractivity contribution in [3.8, 4) is 0 Å². The second kappa shape index (κ2) is 6.12. The molecule has 0 bridgehead atoms. The second-order valence-electron chi connectivity index (χ2n) is 7.56. The quantitative estimate of drug-likeness (QED) is 0.820. The van der Waals surface area contributed by atoms with E-state index in [1.165, 1.54) is 0 Å². The number of amides is 2. The van der Waals surface area contributed by atoms with Crippen LogP contribution in [0.4, 0.5) is 5.69 Å². The molecule has 6 nitrogen and oxygen atoms in total. The van der Waals surface area contributed by atoms with E-state index in [2.05, 4.69) is 5.32 Å². The fourth-order valence-corrected chi connectivity index (χ4v) is 5.22. The minimum absolute atomic E-state index is 0.0103. The van der Waals surface area contributed by atoms with Gasteiger partial charge in [0.15, 0.2) is 9.84 Å². The van der Waals surface area contributed by atoms with E-state index in [4.69, 9.17) is 0 Å². The van der Waals surface area contributed by atoms with Gasteiger partial charge in [0.25, 0.3) is 0 Å². The summed E-state index contributed by atoms with van der Waals surface area (Å²) in [5.41, 5.74) is 0.684. The number of benzene rings is 1. The Morgan fingerprint density at radius 1 is 1.24 bits per heavy atom. The van der Waals surface area contributed by atoms with Crippen LogP contribution in [0.25, 0.3) is 0 Å². The Morgan fingerprint density at radius 2 is 1.92 bits per heavy atom. The van der Waals surface area contributed by atoms with Crippen LogP contribution in [0.15, 0.2) is 24.3 Å². The lowest BCUT2D eigenvalue weighted by atomic mass is 9.89. The first-order valence-electron chi connectivity index (χ1n) is 8.55. The van der Waals surface area contributed by atoms with Crippen molar-refractivity contribution in [1.82, 2.24) is 5.32 Å². The molecule has 0 spiro atoms. The third-order valence-electron chi connectivity index (χ3n) is 5.10. The van der Waals surface area contributed by atoms with Gasteiger partial charge in [-0.05, 0) is 45.2 Å². The smallest absolute Gasteiger partial charge is 0.242 e. The molecule has 1 aromatic rings. The molecule has 2 aliphatic heterocycles. The topological polar surface area (TPSA) is 83.6 Å². The molecule has 7 heteroatoms. The Labute approximate surface area is 148 Å². The van der Waals surface area contributed by atoms with Gasteiger partial charge < -0.3 is 10.2 Å². The predicted molar refractivity (Wildman–Crippen MR) is 96.1 cm³/mol. The van der Waals surface area contributed by atoms with E-state index in [1.54, 1.807) is 18.7 Å². The summed E-state index contributed by atoms with van der Waals surface area (Å²) in [5, 5.41) is 2.75. The van der Waals surface area contributed by atoms with Gasteiger partial charge in [0.05, 0.1) is 11.5 Å². The van der Waals surface area contributed by atoms with Crippen molar-refractivity contribution in [1.29, 1.82) is 0 Å². The van der Waals surface area contributed by atoms with Gasteiger partial charge in [-0.1, -0.05) is 18.2 Å². The number of hydrogen-bond acceptors (Lipinski definition) is 4. The monoisotopic (exact) mass is 364 g/mol. The molecule has 25 heavy (non-hydrogen) atoms. The molecule has 1 N–H and O–H groups in total. The average molecular weight is 364 g/mol. The maximum absolute atomic E-state index is 13.1. The first-order chi connectivity index (χ1) is 11.6. The molecule has 1 fully saturated rings. The van der Waals surface area contributed by atoms with Crippen molar-refractivity contribution in [3.05, 3.63) is 29.8 Å². The number of rotatable bonds is 3. The molecular formula is C18H24N2O4S. The molecule has 0 aromatic heterocycles. The van der Waals surface area contributed by atoms with E-state index in [9.17, 15) is 18.0 Å². The maximum Gasteiger partial charge on any atom is 0.242 e. The third kappa shape index (κ3) is 3.29. The second-order valence-corrected chi connectivity index (χ2v) is 9.78. The molecule has 1 aromatic carbocycles. The van der Waals surface area contributed by atoms with Crippen LogP contribution in [0, 0.1) is 5.41 Å². The van der Waals surface area contributed by atoms with E-state index in [0.717, 1.165) is 17.7 Å². The molecule has 2 unspecified atom stereocenters. The van der Waals surface area contributed by atoms with Crippen molar-refractivity contribution in [2.45, 2.75) is 45.7 Å². The van der Waals surface area contributed by atoms with E-state index in [-0.39, 0.29) is 23.5 Å². The highest BCUT2D eigenvalue weighted by Crippen LogP contribution is 2.35. The summed E-state index contributed by atoms with van der Waals surface area (Å²) in [6, 6.07) is 7.30. The molecule has 2 amide bonds. The largest absolute Gasteiger partial charge is 0.351 e. The number of para-hydroxylation sites is 1. The fourth-order valence-electron chi connectivity index (χ4n) is 3.55. The standard InChI is InChI=1S/C18H24N2O4S/c1-12-10-13-6-4-5-7-15(13)20(12)17(22)18(2,3)16(21)19-14-8-9-25(23,24)11-14/h4-7,12,14H,8-11H2,1-3H3,(H,19,21). The van der Waals surface area contributed by atoms with Gasteiger partial charge in [-0.2, -0.15) is 0 Å².